The molecule has 8 nitrogen and oxygen atoms in total. The molecule has 3 rings (SSSR count). The van der Waals surface area contributed by atoms with Crippen molar-refractivity contribution in [3.8, 4) is 0 Å². The Balaban J connectivity index is 1.70. The highest BCUT2D eigenvalue weighted by Gasteiger charge is 2.16. The van der Waals surface area contributed by atoms with Crippen LogP contribution in [0.4, 0.5) is 5.69 Å². The van der Waals surface area contributed by atoms with Crippen molar-refractivity contribution < 1.29 is 23.9 Å². The molecular formula is C27H25N3O5S. The fraction of sp³-hybridized carbons (Fsp3) is 0.148. The number of hydrogen-bond donors (Lipinski definition) is 2. The number of ether oxygens (including phenoxy) is 1. The molecule has 3 aromatic rings. The quantitative estimate of drug-likeness (QED) is 0.175. The molecule has 1 heterocycles. The first-order valence-electron chi connectivity index (χ1n) is 11.1. The van der Waals surface area contributed by atoms with E-state index in [0.717, 1.165) is 4.90 Å². The van der Waals surface area contributed by atoms with Crippen LogP contribution in [-0.4, -0.2) is 40.9 Å². The van der Waals surface area contributed by atoms with Crippen LogP contribution in [0.15, 0.2) is 89.7 Å². The molecule has 2 N–H and O–H groups in total. The van der Waals surface area contributed by atoms with Crippen LogP contribution >= 0.6 is 11.8 Å². The van der Waals surface area contributed by atoms with Gasteiger partial charge < -0.3 is 15.4 Å². The third kappa shape index (κ3) is 8.52. The maximum Gasteiger partial charge on any atom is 0.313 e. The topological polar surface area (TPSA) is 114 Å². The molecule has 0 unspecified atom stereocenters. The number of benzene rings is 2. The lowest BCUT2D eigenvalue weighted by molar-refractivity contribution is -0.145. The Bertz CT molecular complexity index is 1250. The van der Waals surface area contributed by atoms with Crippen molar-refractivity contribution in [2.45, 2.75) is 18.2 Å². The highest BCUT2D eigenvalue weighted by molar-refractivity contribution is 8.00. The molecule has 184 valence electrons. The number of aromatic nitrogens is 1. The Kier molecular flexibility index (Phi) is 9.96. The molecule has 0 aliphatic carbocycles. The zero-order valence-corrected chi connectivity index (χ0v) is 20.4. The highest BCUT2D eigenvalue weighted by atomic mass is 32.2. The molecule has 0 saturated heterocycles. The number of carbonyl (C=O) groups excluding carboxylic acids is 4. The smallest absolute Gasteiger partial charge is 0.313 e. The second kappa shape index (κ2) is 13.6. The molecule has 1 aromatic heterocycles. The van der Waals surface area contributed by atoms with Gasteiger partial charge in [-0.05, 0) is 55.0 Å². The van der Waals surface area contributed by atoms with Crippen LogP contribution in [0, 0.1) is 0 Å². The van der Waals surface area contributed by atoms with Crippen LogP contribution in [0.5, 0.6) is 0 Å². The van der Waals surface area contributed by atoms with Crippen molar-refractivity contribution in [3.05, 3.63) is 95.9 Å². The number of amides is 2. The molecule has 0 bridgehead atoms. The van der Waals surface area contributed by atoms with E-state index < -0.39 is 17.8 Å². The van der Waals surface area contributed by atoms with Gasteiger partial charge in [0.05, 0.1) is 12.4 Å². The predicted molar refractivity (Wildman–Crippen MR) is 138 cm³/mol. The maximum atomic E-state index is 13.1. The third-order valence-electron chi connectivity index (χ3n) is 4.66. The lowest BCUT2D eigenvalue weighted by Crippen LogP contribution is -2.30. The normalized spacial score (nSPS) is 10.9. The Morgan fingerprint density at radius 3 is 2.53 bits per heavy atom. The predicted octanol–water partition coefficient (Wildman–Crippen LogP) is 4.11. The zero-order chi connectivity index (χ0) is 25.8. The first kappa shape index (κ1) is 26.4. The standard InChI is InChI=1S/C27H25N3O5S/c1-2-35-25(32)16-22(31)18-36-23-12-6-11-21(15-23)29-27(34)24(14-19-8-7-13-28-17-19)30-26(33)20-9-4-3-5-10-20/h3-15,17H,2,16,18H2,1H3,(H,29,34)(H,30,33)/b24-14+. The number of Topliss-reactive ketones (excluding diaryl/α,β-unsaturated/α-hetero) is 1. The Morgan fingerprint density at radius 2 is 1.81 bits per heavy atom. The van der Waals surface area contributed by atoms with E-state index in [-0.39, 0.29) is 30.3 Å². The summed E-state index contributed by atoms with van der Waals surface area (Å²) in [5.41, 5.74) is 1.57. The lowest BCUT2D eigenvalue weighted by atomic mass is 10.2. The minimum Gasteiger partial charge on any atom is -0.466 e. The zero-order valence-electron chi connectivity index (χ0n) is 19.6. The average Bonchev–Trinajstić information content (AvgIpc) is 2.88. The summed E-state index contributed by atoms with van der Waals surface area (Å²) in [6.45, 7) is 1.91. The van der Waals surface area contributed by atoms with E-state index >= 15 is 0 Å². The number of anilines is 1. The third-order valence-corrected chi connectivity index (χ3v) is 5.72. The van der Waals surface area contributed by atoms with Gasteiger partial charge in [-0.2, -0.15) is 0 Å². The number of carbonyl (C=O) groups is 4. The summed E-state index contributed by atoms with van der Waals surface area (Å²) in [7, 11) is 0. The molecule has 0 atom stereocenters. The first-order chi connectivity index (χ1) is 17.4. The van der Waals surface area contributed by atoms with Gasteiger partial charge in [-0.15, -0.1) is 11.8 Å². The summed E-state index contributed by atoms with van der Waals surface area (Å²) < 4.78 is 4.79. The Labute approximate surface area is 213 Å². The maximum absolute atomic E-state index is 13.1. The minimum atomic E-state index is -0.547. The summed E-state index contributed by atoms with van der Waals surface area (Å²) in [5.74, 6) is -1.66. The van der Waals surface area contributed by atoms with Crippen LogP contribution < -0.4 is 10.6 Å². The van der Waals surface area contributed by atoms with Gasteiger partial charge in [-0.3, -0.25) is 24.2 Å². The summed E-state index contributed by atoms with van der Waals surface area (Å²) in [6.07, 6.45) is 4.45. The number of nitrogens with zero attached hydrogens (tertiary/aromatic N) is 1. The molecule has 0 saturated carbocycles. The van der Waals surface area contributed by atoms with Crippen LogP contribution in [0.2, 0.25) is 0 Å². The van der Waals surface area contributed by atoms with Gasteiger partial charge in [0, 0.05) is 28.5 Å². The highest BCUT2D eigenvalue weighted by Crippen LogP contribution is 2.22. The largest absolute Gasteiger partial charge is 0.466 e. The van der Waals surface area contributed by atoms with E-state index in [1.54, 1.807) is 86.0 Å². The van der Waals surface area contributed by atoms with Crippen LogP contribution in [0.3, 0.4) is 0 Å². The molecular weight excluding hydrogens is 478 g/mol. The van der Waals surface area contributed by atoms with E-state index in [4.69, 9.17) is 4.74 Å². The van der Waals surface area contributed by atoms with Crippen molar-refractivity contribution >= 4 is 47.1 Å². The van der Waals surface area contributed by atoms with Gasteiger partial charge in [0.25, 0.3) is 11.8 Å². The number of esters is 1. The molecule has 9 heteroatoms. The summed E-state index contributed by atoms with van der Waals surface area (Å²) in [4.78, 5) is 54.1. The van der Waals surface area contributed by atoms with Crippen LogP contribution in [0.25, 0.3) is 6.08 Å². The molecule has 36 heavy (non-hydrogen) atoms. The molecule has 0 aliphatic rings. The Morgan fingerprint density at radius 1 is 1.00 bits per heavy atom. The van der Waals surface area contributed by atoms with Gasteiger partial charge in [0.1, 0.15) is 12.1 Å². The van der Waals surface area contributed by atoms with Gasteiger partial charge in [-0.1, -0.05) is 30.3 Å². The van der Waals surface area contributed by atoms with Gasteiger partial charge in [0.2, 0.25) is 0 Å². The molecule has 0 spiro atoms. The summed E-state index contributed by atoms with van der Waals surface area (Å²) in [5, 5.41) is 5.46. The van der Waals surface area contributed by atoms with Gasteiger partial charge in [0.15, 0.2) is 5.78 Å². The molecule has 2 aromatic carbocycles. The number of ketones is 1. The number of pyridine rings is 1. The number of thioether (sulfide) groups is 1. The van der Waals surface area contributed by atoms with E-state index in [2.05, 4.69) is 15.6 Å². The van der Waals surface area contributed by atoms with E-state index in [0.29, 0.717) is 16.8 Å². The minimum absolute atomic E-state index is 0.0412. The lowest BCUT2D eigenvalue weighted by Gasteiger charge is -2.12. The van der Waals surface area contributed by atoms with Crippen LogP contribution in [-0.2, 0) is 19.1 Å². The monoisotopic (exact) mass is 503 g/mol. The fourth-order valence-corrected chi connectivity index (χ4v) is 3.84. The average molecular weight is 504 g/mol. The molecule has 0 aliphatic heterocycles. The van der Waals surface area contributed by atoms with E-state index in [1.807, 2.05) is 0 Å². The van der Waals surface area contributed by atoms with Crippen molar-refractivity contribution in [1.82, 2.24) is 10.3 Å². The first-order valence-corrected chi connectivity index (χ1v) is 12.1. The van der Waals surface area contributed by atoms with Gasteiger partial charge in [-0.25, -0.2) is 0 Å². The van der Waals surface area contributed by atoms with Gasteiger partial charge >= 0.3 is 5.97 Å². The number of rotatable bonds is 11. The molecule has 0 fully saturated rings. The molecule has 0 radical (unpaired) electrons. The number of hydrogen-bond acceptors (Lipinski definition) is 7. The number of nitrogens with one attached hydrogen (secondary N) is 2. The van der Waals surface area contributed by atoms with Crippen molar-refractivity contribution in [2.24, 2.45) is 0 Å². The van der Waals surface area contributed by atoms with Crippen molar-refractivity contribution in [2.75, 3.05) is 17.7 Å². The Hall–Kier alpha value is -4.24. The fourth-order valence-electron chi connectivity index (χ4n) is 3.02. The van der Waals surface area contributed by atoms with Crippen molar-refractivity contribution in [3.63, 3.8) is 0 Å². The second-order valence-electron chi connectivity index (χ2n) is 7.46. The second-order valence-corrected chi connectivity index (χ2v) is 8.50. The summed E-state index contributed by atoms with van der Waals surface area (Å²) >= 11 is 1.25. The summed E-state index contributed by atoms with van der Waals surface area (Å²) in [6, 6.07) is 19.0. The van der Waals surface area contributed by atoms with Crippen molar-refractivity contribution in [1.29, 1.82) is 0 Å². The molecule has 2 amide bonds. The van der Waals surface area contributed by atoms with E-state index in [1.165, 1.54) is 17.8 Å². The van der Waals surface area contributed by atoms with E-state index in [9.17, 15) is 19.2 Å². The SMILES string of the molecule is CCOC(=O)CC(=O)CSc1cccc(NC(=O)/C(=C\c2cccnc2)NC(=O)c2ccccc2)c1. The van der Waals surface area contributed by atoms with Crippen LogP contribution in [0.1, 0.15) is 29.3 Å².